The first-order chi connectivity index (χ1) is 32.8. The highest BCUT2D eigenvalue weighted by atomic mass is 14.3. The number of rotatable bonds is 6. The number of hydrogen-bond acceptors (Lipinski definition) is 0. The van der Waals surface area contributed by atoms with Crippen LogP contribution in [0.5, 0.6) is 0 Å². The Bertz CT molecular complexity index is 4050. The molecule has 0 unspecified atom stereocenters. The van der Waals surface area contributed by atoms with E-state index >= 15 is 0 Å². The lowest BCUT2D eigenvalue weighted by Gasteiger charge is -2.19. The van der Waals surface area contributed by atoms with E-state index in [4.69, 9.17) is 0 Å². The summed E-state index contributed by atoms with van der Waals surface area (Å²) < 4.78 is 0. The molecule has 0 N–H and O–H groups in total. The molecule has 0 fully saturated rings. The smallest absolute Gasteiger partial charge is 0.00137 e. The van der Waals surface area contributed by atoms with Crippen molar-refractivity contribution in [2.45, 2.75) is 0 Å². The molecule has 0 aliphatic carbocycles. The lowest BCUT2D eigenvalue weighted by molar-refractivity contribution is 1.57. The summed E-state index contributed by atoms with van der Waals surface area (Å²) in [7, 11) is 0. The number of benzene rings is 12. The first-order valence-electron chi connectivity index (χ1n) is 23.0. The van der Waals surface area contributed by atoms with E-state index in [0.717, 1.165) is 0 Å². The zero-order chi connectivity index (χ0) is 43.3. The van der Waals surface area contributed by atoms with Gasteiger partial charge in [-0.2, -0.15) is 0 Å². The van der Waals surface area contributed by atoms with E-state index in [1.54, 1.807) is 0 Å². The van der Waals surface area contributed by atoms with E-state index in [9.17, 15) is 0 Å². The third-order valence-electron chi connectivity index (χ3n) is 14.4. The Labute approximate surface area is 383 Å². The quantitative estimate of drug-likeness (QED) is 0.146. The molecule has 0 aromatic heterocycles. The lowest BCUT2D eigenvalue weighted by atomic mass is 9.84. The molecular formula is C66H40. The molecule has 14 aromatic rings. The second kappa shape index (κ2) is 14.5. The van der Waals surface area contributed by atoms with Gasteiger partial charge in [-0.1, -0.05) is 218 Å². The van der Waals surface area contributed by atoms with Gasteiger partial charge in [0.25, 0.3) is 0 Å². The summed E-state index contributed by atoms with van der Waals surface area (Å²) in [4.78, 5) is 0. The SMILES string of the molecule is c1ccc(-c2cccc(-c3ccccc3)c2-c2cc3c4ccccc4c4cc5c(cc6c7ccccc7c7c(-c8c(-c9ccccc9)cccc8-c8ccccc8)ccc5c67)c(c2)c34)cc1. The Balaban J connectivity index is 1.13. The summed E-state index contributed by atoms with van der Waals surface area (Å²) in [6.07, 6.45) is 0. The molecule has 0 saturated heterocycles. The summed E-state index contributed by atoms with van der Waals surface area (Å²) in [5, 5.41) is 18.2. The normalized spacial score (nSPS) is 11.9. The minimum atomic E-state index is 1.21. The molecule has 14 rings (SSSR count). The molecule has 0 aliphatic heterocycles. The number of fused-ring (bicyclic) bond motifs is 9. The minimum Gasteiger partial charge on any atom is -0.0622 e. The van der Waals surface area contributed by atoms with Crippen LogP contribution in [0.1, 0.15) is 0 Å². The monoisotopic (exact) mass is 832 g/mol. The molecule has 0 heteroatoms. The average Bonchev–Trinajstić information content (AvgIpc) is 3.90. The first kappa shape index (κ1) is 36.9. The highest BCUT2D eigenvalue weighted by Gasteiger charge is 2.25. The maximum Gasteiger partial charge on any atom is -0.00137 e. The van der Waals surface area contributed by atoms with Crippen molar-refractivity contribution in [1.82, 2.24) is 0 Å². The molecule has 14 aromatic carbocycles. The molecule has 0 nitrogen and oxygen atoms in total. The van der Waals surface area contributed by atoms with Gasteiger partial charge in [-0.05, 0) is 166 Å². The zero-order valence-electron chi connectivity index (χ0n) is 36.1. The van der Waals surface area contributed by atoms with Crippen molar-refractivity contribution in [2.75, 3.05) is 0 Å². The van der Waals surface area contributed by atoms with Gasteiger partial charge in [-0.15, -0.1) is 0 Å². The molecule has 0 saturated carbocycles. The molecule has 0 aliphatic rings. The van der Waals surface area contributed by atoms with Crippen LogP contribution >= 0.6 is 0 Å². The van der Waals surface area contributed by atoms with Crippen molar-refractivity contribution < 1.29 is 0 Å². The standard InChI is InChI=1S/C66H40/c1-5-19-41(20-6-1)46-31-17-32-47(42-21-7-2-8-22-42)62(46)45-37-58-50-27-13-14-28-51(50)60-39-56-54-35-36-55(63-48(43-23-9-3-10-24-43)33-18-34-49(63)44-25-11-4-12-26-44)65-53-30-16-15-29-52(53)61(66(54)65)40-57(56)59(38-45)64(58)60/h1-40H. The molecule has 0 bridgehead atoms. The molecule has 0 spiro atoms. The molecule has 0 radical (unpaired) electrons. The molecule has 304 valence electrons. The van der Waals surface area contributed by atoms with Crippen molar-refractivity contribution in [1.29, 1.82) is 0 Å². The average molecular weight is 833 g/mol. The van der Waals surface area contributed by atoms with Gasteiger partial charge in [0, 0.05) is 0 Å². The Morgan fingerprint density at radius 2 is 0.500 bits per heavy atom. The van der Waals surface area contributed by atoms with Gasteiger partial charge < -0.3 is 0 Å². The van der Waals surface area contributed by atoms with Crippen LogP contribution in [0.3, 0.4) is 0 Å². The van der Waals surface area contributed by atoms with E-state index < -0.39 is 0 Å². The summed E-state index contributed by atoms with van der Waals surface area (Å²) >= 11 is 0. The van der Waals surface area contributed by atoms with Crippen LogP contribution in [0.4, 0.5) is 0 Å². The maximum absolute atomic E-state index is 2.54. The van der Waals surface area contributed by atoms with Gasteiger partial charge in [0.2, 0.25) is 0 Å². The predicted octanol–water partition coefficient (Wildman–Crippen LogP) is 18.6. The van der Waals surface area contributed by atoms with Gasteiger partial charge >= 0.3 is 0 Å². The Hall–Kier alpha value is -8.58. The third kappa shape index (κ3) is 5.39. The van der Waals surface area contributed by atoms with E-state index in [1.165, 1.54) is 142 Å². The van der Waals surface area contributed by atoms with E-state index in [1.807, 2.05) is 0 Å². The fourth-order valence-electron chi connectivity index (χ4n) is 11.6. The van der Waals surface area contributed by atoms with Gasteiger partial charge in [-0.25, -0.2) is 0 Å². The van der Waals surface area contributed by atoms with Crippen LogP contribution in [0.25, 0.3) is 142 Å². The van der Waals surface area contributed by atoms with Gasteiger partial charge in [0.15, 0.2) is 0 Å². The number of hydrogen-bond donors (Lipinski definition) is 0. The summed E-state index contributed by atoms with van der Waals surface area (Å²) in [6, 6.07) is 90.3. The van der Waals surface area contributed by atoms with E-state index in [-0.39, 0.29) is 0 Å². The molecule has 0 heterocycles. The highest BCUT2D eigenvalue weighted by molar-refractivity contribution is 6.42. The van der Waals surface area contributed by atoms with Crippen molar-refractivity contribution in [3.8, 4) is 66.8 Å². The van der Waals surface area contributed by atoms with Crippen LogP contribution in [-0.4, -0.2) is 0 Å². The first-order valence-corrected chi connectivity index (χ1v) is 23.0. The third-order valence-corrected chi connectivity index (χ3v) is 14.4. The van der Waals surface area contributed by atoms with E-state index in [0.29, 0.717) is 0 Å². The summed E-state index contributed by atoms with van der Waals surface area (Å²) in [5.74, 6) is 0. The highest BCUT2D eigenvalue weighted by Crippen LogP contribution is 2.53. The predicted molar refractivity (Wildman–Crippen MR) is 284 cm³/mol. The van der Waals surface area contributed by atoms with Crippen molar-refractivity contribution in [2.24, 2.45) is 0 Å². The Kier molecular flexibility index (Phi) is 8.08. The van der Waals surface area contributed by atoms with Crippen LogP contribution in [0.15, 0.2) is 243 Å². The van der Waals surface area contributed by atoms with Gasteiger partial charge in [-0.3, -0.25) is 0 Å². The Morgan fingerprint density at radius 1 is 0.152 bits per heavy atom. The van der Waals surface area contributed by atoms with Crippen molar-refractivity contribution in [3.63, 3.8) is 0 Å². The minimum absolute atomic E-state index is 1.21. The van der Waals surface area contributed by atoms with Gasteiger partial charge in [0.05, 0.1) is 0 Å². The second-order valence-corrected chi connectivity index (χ2v) is 17.8. The van der Waals surface area contributed by atoms with Crippen molar-refractivity contribution >= 4 is 75.4 Å². The topological polar surface area (TPSA) is 0 Å². The zero-order valence-corrected chi connectivity index (χ0v) is 36.1. The van der Waals surface area contributed by atoms with Crippen molar-refractivity contribution in [3.05, 3.63) is 243 Å². The molecular weight excluding hydrogens is 793 g/mol. The van der Waals surface area contributed by atoms with Gasteiger partial charge in [0.1, 0.15) is 0 Å². The van der Waals surface area contributed by atoms with E-state index in [2.05, 4.69) is 243 Å². The second-order valence-electron chi connectivity index (χ2n) is 17.8. The van der Waals surface area contributed by atoms with Crippen LogP contribution in [0.2, 0.25) is 0 Å². The molecule has 66 heavy (non-hydrogen) atoms. The lowest BCUT2D eigenvalue weighted by Crippen LogP contribution is -1.92. The summed E-state index contributed by atoms with van der Waals surface area (Å²) in [5.41, 5.74) is 14.8. The fraction of sp³-hybridized carbons (Fsp3) is 0. The maximum atomic E-state index is 2.54. The van der Waals surface area contributed by atoms with Crippen LogP contribution in [0, 0.1) is 0 Å². The molecule has 0 amide bonds. The largest absolute Gasteiger partial charge is 0.0622 e. The van der Waals surface area contributed by atoms with Crippen LogP contribution in [-0.2, 0) is 0 Å². The van der Waals surface area contributed by atoms with Crippen LogP contribution < -0.4 is 0 Å². The molecule has 0 atom stereocenters. The summed E-state index contributed by atoms with van der Waals surface area (Å²) in [6.45, 7) is 0. The Morgan fingerprint density at radius 3 is 0.985 bits per heavy atom. The fourth-order valence-corrected chi connectivity index (χ4v) is 11.6.